The van der Waals surface area contributed by atoms with Gasteiger partial charge < -0.3 is 5.11 Å². The standard InChI is InChI=1S/C12H11FN2OS/c1-8(16)12-9(13)3-2-4-10(12)17-11-7-14-5-6-15-11/h2-8,16H,1H3/t8-/m0/s1. The first-order chi connectivity index (χ1) is 8.18. The summed E-state index contributed by atoms with van der Waals surface area (Å²) in [6, 6.07) is 4.70. The molecule has 1 N–H and O–H groups in total. The zero-order valence-electron chi connectivity index (χ0n) is 9.17. The molecule has 17 heavy (non-hydrogen) atoms. The second-order valence-electron chi connectivity index (χ2n) is 3.47. The average Bonchev–Trinajstić information content (AvgIpc) is 2.30. The van der Waals surface area contributed by atoms with Crippen LogP contribution in [-0.2, 0) is 0 Å². The Labute approximate surface area is 103 Å². The molecule has 0 spiro atoms. The Hall–Kier alpha value is -1.46. The van der Waals surface area contributed by atoms with Crippen LogP contribution in [0.15, 0.2) is 46.7 Å². The van der Waals surface area contributed by atoms with E-state index < -0.39 is 11.9 Å². The van der Waals surface area contributed by atoms with E-state index in [9.17, 15) is 9.50 Å². The van der Waals surface area contributed by atoms with Crippen molar-refractivity contribution >= 4 is 11.8 Å². The molecule has 0 bridgehead atoms. The molecule has 1 atom stereocenters. The van der Waals surface area contributed by atoms with Crippen molar-refractivity contribution in [3.63, 3.8) is 0 Å². The lowest BCUT2D eigenvalue weighted by atomic mass is 10.1. The molecule has 0 unspecified atom stereocenters. The zero-order chi connectivity index (χ0) is 12.3. The molecule has 0 fully saturated rings. The van der Waals surface area contributed by atoms with Gasteiger partial charge in [-0.05, 0) is 19.1 Å². The van der Waals surface area contributed by atoms with Gasteiger partial charge in [-0.25, -0.2) is 9.37 Å². The largest absolute Gasteiger partial charge is 0.389 e. The summed E-state index contributed by atoms with van der Waals surface area (Å²) in [6.45, 7) is 1.54. The van der Waals surface area contributed by atoms with E-state index in [0.717, 1.165) is 0 Å². The van der Waals surface area contributed by atoms with E-state index in [1.54, 1.807) is 37.6 Å². The lowest BCUT2D eigenvalue weighted by molar-refractivity contribution is 0.191. The molecule has 2 aromatic rings. The fraction of sp³-hybridized carbons (Fsp3) is 0.167. The van der Waals surface area contributed by atoms with Gasteiger partial charge in [0.05, 0.1) is 12.3 Å². The molecule has 1 aromatic heterocycles. The fourth-order valence-electron chi connectivity index (χ4n) is 1.46. The summed E-state index contributed by atoms with van der Waals surface area (Å²) >= 11 is 1.28. The van der Waals surface area contributed by atoms with Crippen molar-refractivity contribution < 1.29 is 9.50 Å². The summed E-state index contributed by atoms with van der Waals surface area (Å²) in [4.78, 5) is 8.69. The molecule has 2 rings (SSSR count). The minimum Gasteiger partial charge on any atom is -0.389 e. The smallest absolute Gasteiger partial charge is 0.130 e. The van der Waals surface area contributed by atoms with E-state index in [2.05, 4.69) is 9.97 Å². The quantitative estimate of drug-likeness (QED) is 0.909. The Kier molecular flexibility index (Phi) is 3.71. The Bertz CT molecular complexity index is 505. The molecule has 1 heterocycles. The number of hydrogen-bond acceptors (Lipinski definition) is 4. The van der Waals surface area contributed by atoms with E-state index in [-0.39, 0.29) is 0 Å². The van der Waals surface area contributed by atoms with Crippen molar-refractivity contribution in [3.8, 4) is 0 Å². The number of hydrogen-bond donors (Lipinski definition) is 1. The Morgan fingerprint density at radius 2 is 2.18 bits per heavy atom. The van der Waals surface area contributed by atoms with Crippen LogP contribution in [0.25, 0.3) is 0 Å². The van der Waals surface area contributed by atoms with Crippen molar-refractivity contribution in [3.05, 3.63) is 48.2 Å². The maximum atomic E-state index is 13.6. The molecule has 5 heteroatoms. The van der Waals surface area contributed by atoms with Gasteiger partial charge in [0.2, 0.25) is 0 Å². The summed E-state index contributed by atoms with van der Waals surface area (Å²) < 4.78 is 13.6. The lowest BCUT2D eigenvalue weighted by Crippen LogP contribution is -1.98. The first-order valence-electron chi connectivity index (χ1n) is 5.09. The second-order valence-corrected chi connectivity index (χ2v) is 4.54. The molecule has 0 amide bonds. The molecule has 0 saturated carbocycles. The third-order valence-corrected chi connectivity index (χ3v) is 3.18. The normalized spacial score (nSPS) is 12.4. The highest BCUT2D eigenvalue weighted by atomic mass is 32.2. The van der Waals surface area contributed by atoms with E-state index >= 15 is 0 Å². The third kappa shape index (κ3) is 2.81. The number of aliphatic hydroxyl groups is 1. The SMILES string of the molecule is C[C@H](O)c1c(F)cccc1Sc1cnccn1. The number of benzene rings is 1. The third-order valence-electron chi connectivity index (χ3n) is 2.18. The summed E-state index contributed by atoms with van der Waals surface area (Å²) in [5.41, 5.74) is 0.295. The summed E-state index contributed by atoms with van der Waals surface area (Å²) in [5, 5.41) is 10.2. The first kappa shape index (κ1) is 12.0. The minimum absolute atomic E-state index is 0.295. The van der Waals surface area contributed by atoms with Crippen LogP contribution in [-0.4, -0.2) is 15.1 Å². The predicted octanol–water partition coefficient (Wildman–Crippen LogP) is 2.82. The summed E-state index contributed by atoms with van der Waals surface area (Å²) in [6.07, 6.45) is 3.89. The van der Waals surface area contributed by atoms with Crippen LogP contribution < -0.4 is 0 Å². The lowest BCUT2D eigenvalue weighted by Gasteiger charge is -2.11. The van der Waals surface area contributed by atoms with E-state index in [1.807, 2.05) is 0 Å². The topological polar surface area (TPSA) is 46.0 Å². The molecule has 0 aliphatic heterocycles. The van der Waals surface area contributed by atoms with E-state index in [4.69, 9.17) is 0 Å². The molecule has 1 aromatic carbocycles. The summed E-state index contributed by atoms with van der Waals surface area (Å²) in [7, 11) is 0. The van der Waals surface area contributed by atoms with Crippen LogP contribution in [0.5, 0.6) is 0 Å². The van der Waals surface area contributed by atoms with Gasteiger partial charge in [0.15, 0.2) is 0 Å². The number of nitrogens with zero attached hydrogens (tertiary/aromatic N) is 2. The predicted molar refractivity (Wildman–Crippen MR) is 63.2 cm³/mol. The van der Waals surface area contributed by atoms with Gasteiger partial charge in [-0.1, -0.05) is 17.8 Å². The van der Waals surface area contributed by atoms with Crippen molar-refractivity contribution in [1.29, 1.82) is 0 Å². The number of rotatable bonds is 3. The Balaban J connectivity index is 2.36. The second kappa shape index (κ2) is 5.25. The molecular weight excluding hydrogens is 239 g/mol. The number of aliphatic hydroxyl groups excluding tert-OH is 1. The van der Waals surface area contributed by atoms with Gasteiger partial charge in [-0.15, -0.1) is 0 Å². The molecule has 3 nitrogen and oxygen atoms in total. The highest BCUT2D eigenvalue weighted by Crippen LogP contribution is 2.33. The highest BCUT2D eigenvalue weighted by molar-refractivity contribution is 7.99. The van der Waals surface area contributed by atoms with Gasteiger partial charge in [0.25, 0.3) is 0 Å². The summed E-state index contributed by atoms with van der Waals surface area (Å²) in [5.74, 6) is -0.408. The fourth-order valence-corrected chi connectivity index (χ4v) is 2.44. The molecule has 0 aliphatic carbocycles. The monoisotopic (exact) mass is 250 g/mol. The van der Waals surface area contributed by atoms with Gasteiger partial charge >= 0.3 is 0 Å². The van der Waals surface area contributed by atoms with Gasteiger partial charge in [0, 0.05) is 22.9 Å². The first-order valence-corrected chi connectivity index (χ1v) is 5.90. The van der Waals surface area contributed by atoms with Crippen LogP contribution in [0, 0.1) is 5.82 Å². The Morgan fingerprint density at radius 1 is 1.35 bits per heavy atom. The van der Waals surface area contributed by atoms with Crippen molar-refractivity contribution in [2.45, 2.75) is 22.9 Å². The van der Waals surface area contributed by atoms with Crippen LogP contribution >= 0.6 is 11.8 Å². The van der Waals surface area contributed by atoms with Gasteiger partial charge in [-0.2, -0.15) is 0 Å². The van der Waals surface area contributed by atoms with E-state index in [0.29, 0.717) is 15.5 Å². The molecule has 0 saturated heterocycles. The Morgan fingerprint density at radius 3 is 2.82 bits per heavy atom. The van der Waals surface area contributed by atoms with Crippen LogP contribution in [0.1, 0.15) is 18.6 Å². The van der Waals surface area contributed by atoms with E-state index in [1.165, 1.54) is 17.8 Å². The maximum Gasteiger partial charge on any atom is 0.130 e. The van der Waals surface area contributed by atoms with Crippen molar-refractivity contribution in [2.24, 2.45) is 0 Å². The molecule has 88 valence electrons. The van der Waals surface area contributed by atoms with Gasteiger partial charge in [-0.3, -0.25) is 4.98 Å². The van der Waals surface area contributed by atoms with Crippen molar-refractivity contribution in [1.82, 2.24) is 9.97 Å². The molecule has 0 aliphatic rings. The van der Waals surface area contributed by atoms with Crippen molar-refractivity contribution in [2.75, 3.05) is 0 Å². The number of halogens is 1. The minimum atomic E-state index is -0.852. The maximum absolute atomic E-state index is 13.6. The number of aromatic nitrogens is 2. The molecule has 0 radical (unpaired) electrons. The van der Waals surface area contributed by atoms with Gasteiger partial charge in [0.1, 0.15) is 10.8 Å². The van der Waals surface area contributed by atoms with Crippen LogP contribution in [0.3, 0.4) is 0 Å². The average molecular weight is 250 g/mol. The van der Waals surface area contributed by atoms with Crippen LogP contribution in [0.4, 0.5) is 4.39 Å². The zero-order valence-corrected chi connectivity index (χ0v) is 9.99. The van der Waals surface area contributed by atoms with Crippen LogP contribution in [0.2, 0.25) is 0 Å². The highest BCUT2D eigenvalue weighted by Gasteiger charge is 2.14. The molecular formula is C12H11FN2OS.